The normalized spacial score (nSPS) is 18.8. The van der Waals surface area contributed by atoms with Crippen molar-refractivity contribution < 1.29 is 4.42 Å². The zero-order valence-electron chi connectivity index (χ0n) is 11.9. The second-order valence-electron chi connectivity index (χ2n) is 6.07. The van der Waals surface area contributed by atoms with E-state index in [0.29, 0.717) is 24.4 Å². The first-order valence-corrected chi connectivity index (χ1v) is 6.80. The fourth-order valence-corrected chi connectivity index (χ4v) is 2.36. The van der Waals surface area contributed by atoms with Crippen LogP contribution in [-0.4, -0.2) is 28.8 Å². The third-order valence-corrected chi connectivity index (χ3v) is 3.42. The van der Waals surface area contributed by atoms with Crippen LogP contribution < -0.4 is 10.2 Å². The van der Waals surface area contributed by atoms with Crippen LogP contribution >= 0.6 is 0 Å². The fraction of sp³-hybridized carbons (Fsp3) is 0.846. The van der Waals surface area contributed by atoms with E-state index in [1.165, 1.54) is 12.8 Å². The summed E-state index contributed by atoms with van der Waals surface area (Å²) in [6, 6.07) is 0.666. The van der Waals surface area contributed by atoms with Crippen molar-refractivity contribution in [1.29, 1.82) is 0 Å². The summed E-state index contributed by atoms with van der Waals surface area (Å²) in [7, 11) is 0. The maximum absolute atomic E-state index is 5.73. The zero-order chi connectivity index (χ0) is 13.2. The largest absolute Gasteiger partial charge is 0.407 e. The maximum Gasteiger partial charge on any atom is 0.318 e. The van der Waals surface area contributed by atoms with E-state index in [-0.39, 0.29) is 5.54 Å². The Hall–Kier alpha value is -1.10. The summed E-state index contributed by atoms with van der Waals surface area (Å²) in [5.41, 5.74) is 0.134. The summed E-state index contributed by atoms with van der Waals surface area (Å²) in [5.74, 6) is 1.30. The molecule has 1 aliphatic rings. The van der Waals surface area contributed by atoms with Gasteiger partial charge in [-0.2, -0.15) is 0 Å². The Morgan fingerprint density at radius 1 is 1.39 bits per heavy atom. The molecule has 0 saturated carbocycles. The predicted molar refractivity (Wildman–Crippen MR) is 71.5 cm³/mol. The molecule has 18 heavy (non-hydrogen) atoms. The minimum Gasteiger partial charge on any atom is -0.407 e. The molecule has 102 valence electrons. The Kier molecular flexibility index (Phi) is 3.90. The van der Waals surface area contributed by atoms with Crippen LogP contribution in [0.3, 0.4) is 0 Å². The lowest BCUT2D eigenvalue weighted by atomic mass is 10.0. The lowest BCUT2D eigenvalue weighted by molar-refractivity contribution is 0.422. The van der Waals surface area contributed by atoms with Gasteiger partial charge < -0.3 is 14.6 Å². The van der Waals surface area contributed by atoms with Crippen LogP contribution in [0.4, 0.5) is 6.01 Å². The van der Waals surface area contributed by atoms with Crippen LogP contribution in [0.1, 0.15) is 46.4 Å². The molecule has 1 aliphatic heterocycles. The van der Waals surface area contributed by atoms with Crippen molar-refractivity contribution in [2.24, 2.45) is 5.92 Å². The third-order valence-electron chi connectivity index (χ3n) is 3.42. The lowest BCUT2D eigenvalue weighted by Crippen LogP contribution is -2.38. The molecule has 0 bridgehead atoms. The Morgan fingerprint density at radius 2 is 2.17 bits per heavy atom. The summed E-state index contributed by atoms with van der Waals surface area (Å²) >= 11 is 0. The van der Waals surface area contributed by atoms with Gasteiger partial charge in [-0.3, -0.25) is 0 Å². The van der Waals surface area contributed by atoms with Gasteiger partial charge >= 0.3 is 6.01 Å². The molecule has 2 rings (SSSR count). The van der Waals surface area contributed by atoms with E-state index < -0.39 is 0 Å². The summed E-state index contributed by atoms with van der Waals surface area (Å²) in [5, 5.41) is 11.6. The monoisotopic (exact) mass is 252 g/mol. The highest BCUT2D eigenvalue weighted by Gasteiger charge is 2.35. The van der Waals surface area contributed by atoms with Crippen LogP contribution in [0, 0.1) is 5.92 Å². The summed E-state index contributed by atoms with van der Waals surface area (Å²) in [4.78, 5) is 2.21. The molecule has 2 heterocycles. The molecule has 5 heteroatoms. The van der Waals surface area contributed by atoms with Crippen molar-refractivity contribution in [3.05, 3.63) is 5.89 Å². The lowest BCUT2D eigenvalue weighted by Gasteiger charge is -2.29. The van der Waals surface area contributed by atoms with Gasteiger partial charge in [-0.05, 0) is 39.2 Å². The first kappa shape index (κ1) is 13.3. The molecule has 1 aromatic rings. The Morgan fingerprint density at radius 3 is 2.78 bits per heavy atom. The second-order valence-corrected chi connectivity index (χ2v) is 6.07. The number of anilines is 1. The van der Waals surface area contributed by atoms with Gasteiger partial charge in [0.25, 0.3) is 0 Å². The van der Waals surface area contributed by atoms with E-state index in [4.69, 9.17) is 4.42 Å². The van der Waals surface area contributed by atoms with Gasteiger partial charge in [0.1, 0.15) is 0 Å². The van der Waals surface area contributed by atoms with Gasteiger partial charge in [-0.1, -0.05) is 18.9 Å². The average Bonchev–Trinajstić information content (AvgIpc) is 2.83. The summed E-state index contributed by atoms with van der Waals surface area (Å²) in [6.07, 6.45) is 2.37. The van der Waals surface area contributed by atoms with E-state index in [0.717, 1.165) is 13.1 Å². The Bertz CT molecular complexity index is 386. The topological polar surface area (TPSA) is 54.2 Å². The van der Waals surface area contributed by atoms with Crippen LogP contribution in [-0.2, 0) is 6.54 Å². The molecule has 1 saturated heterocycles. The summed E-state index contributed by atoms with van der Waals surface area (Å²) < 4.78 is 5.73. The predicted octanol–water partition coefficient (Wildman–Crippen LogP) is 2.19. The van der Waals surface area contributed by atoms with Crippen molar-refractivity contribution in [2.45, 2.75) is 52.6 Å². The van der Waals surface area contributed by atoms with Crippen molar-refractivity contribution in [1.82, 2.24) is 15.5 Å². The minimum atomic E-state index is 0.134. The van der Waals surface area contributed by atoms with Crippen molar-refractivity contribution in [3.63, 3.8) is 0 Å². The molecular weight excluding hydrogens is 228 g/mol. The van der Waals surface area contributed by atoms with E-state index in [1.807, 2.05) is 0 Å². The molecule has 0 aliphatic carbocycles. The van der Waals surface area contributed by atoms with Crippen LogP contribution in [0.15, 0.2) is 4.42 Å². The molecule has 0 amide bonds. The van der Waals surface area contributed by atoms with Crippen LogP contribution in [0.2, 0.25) is 0 Å². The van der Waals surface area contributed by atoms with E-state index in [9.17, 15) is 0 Å². The molecule has 1 aromatic heterocycles. The highest BCUT2D eigenvalue weighted by Crippen LogP contribution is 2.32. The van der Waals surface area contributed by atoms with Gasteiger partial charge in [0.2, 0.25) is 5.89 Å². The molecule has 0 unspecified atom stereocenters. The van der Waals surface area contributed by atoms with E-state index in [2.05, 4.69) is 48.1 Å². The first-order chi connectivity index (χ1) is 8.49. The van der Waals surface area contributed by atoms with Gasteiger partial charge in [-0.15, -0.1) is 5.10 Å². The molecule has 0 atom stereocenters. The number of rotatable bonds is 5. The number of nitrogens with zero attached hydrogens (tertiary/aromatic N) is 3. The average molecular weight is 252 g/mol. The van der Waals surface area contributed by atoms with Crippen molar-refractivity contribution in [2.75, 3.05) is 18.0 Å². The molecule has 1 N–H and O–H groups in total. The standard InChI is InChI=1S/C13H24N4O/c1-10(2)8-14-9-11-15-16-12(18-11)17-7-5-6-13(17,3)4/h10,14H,5-9H2,1-4H3. The first-order valence-electron chi connectivity index (χ1n) is 6.80. The van der Waals surface area contributed by atoms with Gasteiger partial charge in [0, 0.05) is 12.1 Å². The van der Waals surface area contributed by atoms with Gasteiger partial charge in [0.05, 0.1) is 6.54 Å². The fourth-order valence-electron chi connectivity index (χ4n) is 2.36. The second kappa shape index (κ2) is 5.26. The zero-order valence-corrected chi connectivity index (χ0v) is 11.9. The van der Waals surface area contributed by atoms with Gasteiger partial charge in [0.15, 0.2) is 0 Å². The number of hydrogen-bond donors (Lipinski definition) is 1. The number of aromatic nitrogens is 2. The van der Waals surface area contributed by atoms with Crippen LogP contribution in [0.5, 0.6) is 0 Å². The van der Waals surface area contributed by atoms with Crippen molar-refractivity contribution in [3.8, 4) is 0 Å². The minimum absolute atomic E-state index is 0.134. The highest BCUT2D eigenvalue weighted by molar-refractivity contribution is 5.32. The molecule has 1 fully saturated rings. The number of hydrogen-bond acceptors (Lipinski definition) is 5. The molecular formula is C13H24N4O. The van der Waals surface area contributed by atoms with E-state index in [1.54, 1.807) is 0 Å². The summed E-state index contributed by atoms with van der Waals surface area (Å²) in [6.45, 7) is 11.4. The SMILES string of the molecule is CC(C)CNCc1nnc(N2CCCC2(C)C)o1. The third kappa shape index (κ3) is 3.02. The quantitative estimate of drug-likeness (QED) is 0.870. The van der Waals surface area contributed by atoms with Gasteiger partial charge in [-0.25, -0.2) is 0 Å². The smallest absolute Gasteiger partial charge is 0.318 e. The molecule has 0 aromatic carbocycles. The highest BCUT2D eigenvalue weighted by atomic mass is 16.4. The molecule has 0 spiro atoms. The molecule has 0 radical (unpaired) electrons. The maximum atomic E-state index is 5.73. The van der Waals surface area contributed by atoms with E-state index >= 15 is 0 Å². The van der Waals surface area contributed by atoms with Crippen molar-refractivity contribution >= 4 is 6.01 Å². The Balaban J connectivity index is 1.94. The number of nitrogens with one attached hydrogen (secondary N) is 1. The van der Waals surface area contributed by atoms with Crippen LogP contribution in [0.25, 0.3) is 0 Å². The molecule has 5 nitrogen and oxygen atoms in total. The Labute approximate surface area is 109 Å².